The fourth-order valence-electron chi connectivity index (χ4n) is 1.27. The number of anilines is 1. The molecular weight excluding hydrogens is 210 g/mol. The summed E-state index contributed by atoms with van der Waals surface area (Å²) in [5, 5.41) is 1.43. The predicted octanol–water partition coefficient (Wildman–Crippen LogP) is 0.424. The van der Waals surface area contributed by atoms with E-state index in [1.807, 2.05) is 6.92 Å². The summed E-state index contributed by atoms with van der Waals surface area (Å²) in [6.07, 6.45) is 2.32. The maximum absolute atomic E-state index is 11.6. The Hall–Kier alpha value is -1.89. The van der Waals surface area contributed by atoms with Crippen molar-refractivity contribution in [1.82, 2.24) is 19.9 Å². The van der Waals surface area contributed by atoms with E-state index in [9.17, 15) is 4.79 Å². The van der Waals surface area contributed by atoms with Crippen LogP contribution in [-0.4, -0.2) is 33.6 Å². The van der Waals surface area contributed by atoms with Crippen LogP contribution in [0.2, 0.25) is 0 Å². The Morgan fingerprint density at radius 1 is 1.56 bits per heavy atom. The van der Waals surface area contributed by atoms with Crippen molar-refractivity contribution < 1.29 is 4.84 Å². The fourth-order valence-corrected chi connectivity index (χ4v) is 1.27. The third kappa shape index (κ3) is 1.89. The molecule has 2 N–H and O–H groups in total. The number of H-pyrrole nitrogens is 2. The number of nitrogens with zero attached hydrogens (tertiary/aromatic N) is 3. The van der Waals surface area contributed by atoms with E-state index in [1.165, 1.54) is 11.4 Å². The first kappa shape index (κ1) is 10.6. The van der Waals surface area contributed by atoms with Gasteiger partial charge in [0.15, 0.2) is 11.2 Å². The Bertz CT molecular complexity index is 532. The van der Waals surface area contributed by atoms with Crippen LogP contribution in [0.15, 0.2) is 11.1 Å². The molecule has 7 heteroatoms. The minimum Gasteiger partial charge on any atom is -0.339 e. The van der Waals surface area contributed by atoms with Gasteiger partial charge < -0.3 is 4.98 Å². The fraction of sp³-hybridized carbons (Fsp3) is 0.444. The van der Waals surface area contributed by atoms with E-state index in [1.54, 1.807) is 7.05 Å². The van der Waals surface area contributed by atoms with Gasteiger partial charge in [-0.05, 0) is 6.42 Å². The lowest BCUT2D eigenvalue weighted by molar-refractivity contribution is 0.119. The maximum atomic E-state index is 11.6. The van der Waals surface area contributed by atoms with Crippen LogP contribution in [0.4, 0.5) is 5.95 Å². The molecule has 0 aromatic carbocycles. The summed E-state index contributed by atoms with van der Waals surface area (Å²) in [6.45, 7) is 2.57. The van der Waals surface area contributed by atoms with Crippen LogP contribution >= 0.6 is 0 Å². The molecule has 0 bridgehead atoms. The van der Waals surface area contributed by atoms with Gasteiger partial charge in [-0.3, -0.25) is 14.6 Å². The summed E-state index contributed by atoms with van der Waals surface area (Å²) in [6, 6.07) is 0. The summed E-state index contributed by atoms with van der Waals surface area (Å²) in [7, 11) is 1.69. The highest BCUT2D eigenvalue weighted by Gasteiger charge is 2.09. The average molecular weight is 223 g/mol. The average Bonchev–Trinajstić information content (AvgIpc) is 2.74. The summed E-state index contributed by atoms with van der Waals surface area (Å²) < 4.78 is 0. The molecule has 0 radical (unpaired) electrons. The van der Waals surface area contributed by atoms with Crippen molar-refractivity contribution in [3.05, 3.63) is 16.7 Å². The topological polar surface area (TPSA) is 86.9 Å². The Morgan fingerprint density at radius 2 is 2.38 bits per heavy atom. The molecule has 0 aliphatic heterocycles. The molecule has 0 amide bonds. The number of imidazole rings is 1. The molecule has 16 heavy (non-hydrogen) atoms. The van der Waals surface area contributed by atoms with Crippen molar-refractivity contribution in [1.29, 1.82) is 0 Å². The Morgan fingerprint density at radius 3 is 3.12 bits per heavy atom. The number of hydroxylamine groups is 1. The van der Waals surface area contributed by atoms with Crippen molar-refractivity contribution in [2.75, 3.05) is 18.7 Å². The van der Waals surface area contributed by atoms with Crippen LogP contribution in [-0.2, 0) is 4.84 Å². The molecular formula is C9H13N5O2. The van der Waals surface area contributed by atoms with Crippen molar-refractivity contribution in [3.8, 4) is 0 Å². The molecule has 0 atom stereocenters. The Balaban J connectivity index is 2.34. The lowest BCUT2D eigenvalue weighted by atomic mass is 10.5. The second kappa shape index (κ2) is 4.31. The molecule has 0 spiro atoms. The third-order valence-corrected chi connectivity index (χ3v) is 2.07. The van der Waals surface area contributed by atoms with Gasteiger partial charge in [-0.25, -0.2) is 10.0 Å². The molecule has 0 saturated carbocycles. The summed E-state index contributed by atoms with van der Waals surface area (Å²) >= 11 is 0. The number of aromatic nitrogens is 4. The third-order valence-electron chi connectivity index (χ3n) is 2.07. The molecule has 2 rings (SSSR count). The zero-order chi connectivity index (χ0) is 11.5. The number of rotatable bonds is 4. The highest BCUT2D eigenvalue weighted by molar-refractivity contribution is 5.69. The second-order valence-electron chi connectivity index (χ2n) is 3.32. The summed E-state index contributed by atoms with van der Waals surface area (Å²) in [4.78, 5) is 30.3. The van der Waals surface area contributed by atoms with Crippen LogP contribution in [0.1, 0.15) is 13.3 Å². The molecule has 7 nitrogen and oxygen atoms in total. The largest absolute Gasteiger partial charge is 0.339 e. The quantitative estimate of drug-likeness (QED) is 0.734. The smallest absolute Gasteiger partial charge is 0.278 e. The molecule has 0 aliphatic rings. The maximum Gasteiger partial charge on any atom is 0.278 e. The zero-order valence-electron chi connectivity index (χ0n) is 9.15. The minimum absolute atomic E-state index is 0.260. The van der Waals surface area contributed by atoms with Gasteiger partial charge in [-0.15, -0.1) is 0 Å². The van der Waals surface area contributed by atoms with Gasteiger partial charge in [0.2, 0.25) is 5.95 Å². The molecule has 2 aromatic heterocycles. The first-order chi connectivity index (χ1) is 7.72. The predicted molar refractivity (Wildman–Crippen MR) is 59.2 cm³/mol. The van der Waals surface area contributed by atoms with E-state index < -0.39 is 0 Å². The number of hydrogen-bond acceptors (Lipinski definition) is 5. The highest BCUT2D eigenvalue weighted by atomic mass is 16.7. The van der Waals surface area contributed by atoms with Gasteiger partial charge in [0, 0.05) is 7.05 Å². The van der Waals surface area contributed by atoms with Gasteiger partial charge in [-0.1, -0.05) is 6.92 Å². The van der Waals surface area contributed by atoms with E-state index in [4.69, 9.17) is 4.84 Å². The summed E-state index contributed by atoms with van der Waals surface area (Å²) in [5.41, 5.74) is 0.489. The van der Waals surface area contributed by atoms with Crippen LogP contribution in [0, 0.1) is 0 Å². The minimum atomic E-state index is -0.260. The van der Waals surface area contributed by atoms with Gasteiger partial charge in [0.05, 0.1) is 12.9 Å². The number of nitrogens with one attached hydrogen (secondary N) is 2. The first-order valence-electron chi connectivity index (χ1n) is 5.02. The molecule has 2 aromatic rings. The molecule has 86 valence electrons. The van der Waals surface area contributed by atoms with Crippen LogP contribution < -0.4 is 10.6 Å². The van der Waals surface area contributed by atoms with Crippen LogP contribution in [0.25, 0.3) is 11.2 Å². The Labute approximate surface area is 91.4 Å². The number of hydrogen-bond donors (Lipinski definition) is 2. The second-order valence-corrected chi connectivity index (χ2v) is 3.32. The SMILES string of the molecule is CCCON(C)c1nc2nc[nH]c2c(=O)[nH]1. The first-order valence-corrected chi connectivity index (χ1v) is 5.02. The highest BCUT2D eigenvalue weighted by Crippen LogP contribution is 2.07. The molecule has 0 saturated heterocycles. The monoisotopic (exact) mass is 223 g/mol. The van der Waals surface area contributed by atoms with E-state index in [-0.39, 0.29) is 5.56 Å². The van der Waals surface area contributed by atoms with Gasteiger partial charge in [-0.2, -0.15) is 4.98 Å². The summed E-state index contributed by atoms with van der Waals surface area (Å²) in [5.74, 6) is 0.345. The zero-order valence-corrected chi connectivity index (χ0v) is 9.15. The van der Waals surface area contributed by atoms with E-state index >= 15 is 0 Å². The number of aromatic amines is 2. The molecule has 2 heterocycles. The van der Waals surface area contributed by atoms with Gasteiger partial charge in [0.25, 0.3) is 5.56 Å². The van der Waals surface area contributed by atoms with Gasteiger partial charge in [0.1, 0.15) is 0 Å². The Kier molecular flexibility index (Phi) is 2.86. The van der Waals surface area contributed by atoms with Gasteiger partial charge >= 0.3 is 0 Å². The van der Waals surface area contributed by atoms with Crippen molar-refractivity contribution >= 4 is 17.1 Å². The normalized spacial score (nSPS) is 10.9. The molecule has 0 fully saturated rings. The van der Waals surface area contributed by atoms with Crippen molar-refractivity contribution in [2.45, 2.75) is 13.3 Å². The van der Waals surface area contributed by atoms with E-state index in [0.717, 1.165) is 6.42 Å². The lowest BCUT2D eigenvalue weighted by Crippen LogP contribution is -2.24. The van der Waals surface area contributed by atoms with Crippen LogP contribution in [0.3, 0.4) is 0 Å². The lowest BCUT2D eigenvalue weighted by Gasteiger charge is -2.15. The standard InChI is InChI=1S/C9H13N5O2/c1-3-4-16-14(2)9-12-7-6(8(15)13-9)10-5-11-7/h5H,3-4H2,1-2H3,(H2,10,11,12,13,15). The molecule has 0 aliphatic carbocycles. The van der Waals surface area contributed by atoms with Crippen molar-refractivity contribution in [3.63, 3.8) is 0 Å². The molecule has 0 unspecified atom stereocenters. The van der Waals surface area contributed by atoms with Crippen molar-refractivity contribution in [2.24, 2.45) is 0 Å². The van der Waals surface area contributed by atoms with Crippen LogP contribution in [0.5, 0.6) is 0 Å². The van der Waals surface area contributed by atoms with E-state index in [0.29, 0.717) is 23.7 Å². The van der Waals surface area contributed by atoms with E-state index in [2.05, 4.69) is 19.9 Å². The number of fused-ring (bicyclic) bond motifs is 1.